The van der Waals surface area contributed by atoms with Crippen molar-refractivity contribution in [1.82, 2.24) is 4.90 Å². The number of amides is 2. The molecule has 2 fully saturated rings. The van der Waals surface area contributed by atoms with Gasteiger partial charge in [-0.2, -0.15) is 0 Å². The minimum absolute atomic E-state index is 0.00608. The Bertz CT molecular complexity index is 792. The minimum Gasteiger partial charge on any atom is -0.495 e. The van der Waals surface area contributed by atoms with E-state index in [0.717, 1.165) is 0 Å². The van der Waals surface area contributed by atoms with Crippen LogP contribution in [0, 0.1) is 5.92 Å². The van der Waals surface area contributed by atoms with Crippen LogP contribution >= 0.6 is 0 Å². The zero-order valence-electron chi connectivity index (χ0n) is 14.3. The summed E-state index contributed by atoms with van der Waals surface area (Å²) >= 11 is 0. The molecule has 0 saturated carbocycles. The van der Waals surface area contributed by atoms with Crippen LogP contribution < -0.4 is 9.64 Å². The third kappa shape index (κ3) is 3.49. The lowest BCUT2D eigenvalue weighted by molar-refractivity contribution is -0.136. The van der Waals surface area contributed by atoms with Crippen molar-refractivity contribution in [3.05, 3.63) is 24.3 Å². The first-order chi connectivity index (χ1) is 11.8. The Hall–Kier alpha value is -2.09. The van der Waals surface area contributed by atoms with Crippen LogP contribution in [0.5, 0.6) is 5.75 Å². The number of anilines is 1. The van der Waals surface area contributed by atoms with E-state index in [0.29, 0.717) is 17.9 Å². The second-order valence-corrected chi connectivity index (χ2v) is 8.81. The highest BCUT2D eigenvalue weighted by Gasteiger charge is 2.40. The zero-order chi connectivity index (χ0) is 18.2. The van der Waals surface area contributed by atoms with Crippen molar-refractivity contribution >= 4 is 27.3 Å². The van der Waals surface area contributed by atoms with Crippen LogP contribution in [0.2, 0.25) is 0 Å². The number of para-hydroxylation sites is 2. The van der Waals surface area contributed by atoms with Crippen molar-refractivity contribution in [2.24, 2.45) is 5.92 Å². The summed E-state index contributed by atoms with van der Waals surface area (Å²) in [5.74, 6) is -0.0636. The number of nitrogens with zero attached hydrogens (tertiary/aromatic N) is 2. The molecule has 0 bridgehead atoms. The van der Waals surface area contributed by atoms with Crippen molar-refractivity contribution in [2.45, 2.75) is 18.9 Å². The molecule has 2 atom stereocenters. The van der Waals surface area contributed by atoms with Crippen LogP contribution in [0.3, 0.4) is 0 Å². The molecule has 3 rings (SSSR count). The normalized spacial score (nSPS) is 25.2. The molecule has 2 aliphatic heterocycles. The number of carbonyl (C=O) groups excluding carboxylic acids is 2. The Balaban J connectivity index is 1.73. The van der Waals surface area contributed by atoms with Gasteiger partial charge in [0.05, 0.1) is 30.2 Å². The largest absolute Gasteiger partial charge is 0.495 e. The van der Waals surface area contributed by atoms with Crippen molar-refractivity contribution in [2.75, 3.05) is 37.1 Å². The summed E-state index contributed by atoms with van der Waals surface area (Å²) < 4.78 is 28.6. The summed E-state index contributed by atoms with van der Waals surface area (Å²) in [7, 11) is 0.108. The fourth-order valence-electron chi connectivity index (χ4n) is 3.51. The average molecular weight is 366 g/mol. The molecule has 2 aliphatic rings. The Morgan fingerprint density at radius 1 is 1.32 bits per heavy atom. The average Bonchev–Trinajstić information content (AvgIpc) is 3.15. The quantitative estimate of drug-likeness (QED) is 0.783. The Morgan fingerprint density at radius 2 is 2.04 bits per heavy atom. The van der Waals surface area contributed by atoms with E-state index >= 15 is 0 Å². The van der Waals surface area contributed by atoms with Gasteiger partial charge >= 0.3 is 0 Å². The molecule has 0 radical (unpaired) electrons. The lowest BCUT2D eigenvalue weighted by Gasteiger charge is -2.26. The summed E-state index contributed by atoms with van der Waals surface area (Å²) in [5, 5.41) is 0. The van der Waals surface area contributed by atoms with Crippen LogP contribution in [-0.2, 0) is 19.4 Å². The van der Waals surface area contributed by atoms with Gasteiger partial charge in [0.25, 0.3) is 0 Å². The van der Waals surface area contributed by atoms with Gasteiger partial charge in [0.1, 0.15) is 5.75 Å². The predicted molar refractivity (Wildman–Crippen MR) is 93.3 cm³/mol. The van der Waals surface area contributed by atoms with Gasteiger partial charge in [-0.05, 0) is 18.6 Å². The number of carbonyl (C=O) groups is 2. The third-order valence-corrected chi connectivity index (χ3v) is 6.70. The van der Waals surface area contributed by atoms with Crippen LogP contribution in [0.4, 0.5) is 5.69 Å². The molecule has 7 nitrogen and oxygen atoms in total. The molecule has 1 aromatic rings. The smallest absolute Gasteiger partial charge is 0.228 e. The van der Waals surface area contributed by atoms with Crippen LogP contribution in [-0.4, -0.2) is 63.4 Å². The highest BCUT2D eigenvalue weighted by molar-refractivity contribution is 7.91. The number of benzene rings is 1. The molecule has 2 heterocycles. The SMILES string of the molecule is COc1ccccc1N1CC(C(=O)N(C)C2CCS(=O)(=O)C2)CC1=O. The second kappa shape index (κ2) is 6.67. The molecule has 2 unspecified atom stereocenters. The molecule has 136 valence electrons. The fourth-order valence-corrected chi connectivity index (χ4v) is 5.28. The summed E-state index contributed by atoms with van der Waals surface area (Å²) in [6, 6.07) is 6.90. The van der Waals surface area contributed by atoms with Crippen molar-refractivity contribution in [3.8, 4) is 5.75 Å². The van der Waals surface area contributed by atoms with E-state index in [-0.39, 0.29) is 42.3 Å². The van der Waals surface area contributed by atoms with E-state index in [9.17, 15) is 18.0 Å². The zero-order valence-corrected chi connectivity index (χ0v) is 15.2. The first-order valence-corrected chi connectivity index (χ1v) is 10.0. The van der Waals surface area contributed by atoms with Crippen molar-refractivity contribution < 1.29 is 22.7 Å². The molecule has 2 saturated heterocycles. The lowest BCUT2D eigenvalue weighted by atomic mass is 10.1. The van der Waals surface area contributed by atoms with Crippen LogP contribution in [0.25, 0.3) is 0 Å². The number of ether oxygens (including phenoxy) is 1. The van der Waals surface area contributed by atoms with Gasteiger partial charge in [-0.25, -0.2) is 8.42 Å². The monoisotopic (exact) mass is 366 g/mol. The molecule has 8 heteroatoms. The molecular formula is C17H22N2O5S. The predicted octanol–water partition coefficient (Wildman–Crippen LogP) is 0.694. The minimum atomic E-state index is -3.06. The van der Waals surface area contributed by atoms with Gasteiger partial charge in [-0.1, -0.05) is 12.1 Å². The summed E-state index contributed by atoms with van der Waals surface area (Å²) in [4.78, 5) is 28.2. The van der Waals surface area contributed by atoms with Gasteiger partial charge < -0.3 is 14.5 Å². The highest BCUT2D eigenvalue weighted by atomic mass is 32.2. The van der Waals surface area contributed by atoms with E-state index in [4.69, 9.17) is 4.74 Å². The maximum Gasteiger partial charge on any atom is 0.228 e. The number of hydrogen-bond donors (Lipinski definition) is 0. The first kappa shape index (κ1) is 17.7. The molecular weight excluding hydrogens is 344 g/mol. The highest BCUT2D eigenvalue weighted by Crippen LogP contribution is 2.33. The first-order valence-electron chi connectivity index (χ1n) is 8.23. The number of sulfone groups is 1. The fraction of sp³-hybridized carbons (Fsp3) is 0.529. The Labute approximate surface area is 147 Å². The van der Waals surface area contributed by atoms with Crippen molar-refractivity contribution in [3.63, 3.8) is 0 Å². The maximum absolute atomic E-state index is 12.7. The molecule has 1 aromatic carbocycles. The summed E-state index contributed by atoms with van der Waals surface area (Å²) in [6.07, 6.45) is 0.585. The van der Waals surface area contributed by atoms with E-state index in [1.165, 1.54) is 12.0 Å². The Kier molecular flexibility index (Phi) is 4.73. The molecule has 0 aromatic heterocycles. The van der Waals surface area contributed by atoms with Gasteiger partial charge in [0, 0.05) is 26.1 Å². The van der Waals surface area contributed by atoms with Gasteiger partial charge in [0.15, 0.2) is 9.84 Å². The maximum atomic E-state index is 12.7. The van der Waals surface area contributed by atoms with Crippen LogP contribution in [0.15, 0.2) is 24.3 Å². The van der Waals surface area contributed by atoms with Gasteiger partial charge in [-0.15, -0.1) is 0 Å². The summed E-state index contributed by atoms with van der Waals surface area (Å²) in [5.41, 5.74) is 0.649. The molecule has 2 amide bonds. The topological polar surface area (TPSA) is 84.0 Å². The molecule has 0 spiro atoms. The third-order valence-electron chi connectivity index (χ3n) is 4.95. The lowest BCUT2D eigenvalue weighted by Crippen LogP contribution is -2.42. The number of methoxy groups -OCH3 is 1. The van der Waals surface area contributed by atoms with E-state index in [1.807, 2.05) is 12.1 Å². The standard InChI is InChI=1S/C17H22N2O5S/c1-18(13-7-8-25(22,23)11-13)17(21)12-9-16(20)19(10-12)14-5-3-4-6-15(14)24-2/h3-6,12-13H,7-11H2,1-2H3. The van der Waals surface area contributed by atoms with Crippen LogP contribution in [0.1, 0.15) is 12.8 Å². The van der Waals surface area contributed by atoms with Gasteiger partial charge in [0.2, 0.25) is 11.8 Å². The molecule has 0 N–H and O–H groups in total. The molecule has 25 heavy (non-hydrogen) atoms. The molecule has 0 aliphatic carbocycles. The van der Waals surface area contributed by atoms with E-state index < -0.39 is 15.8 Å². The number of rotatable bonds is 4. The Morgan fingerprint density at radius 3 is 2.68 bits per heavy atom. The summed E-state index contributed by atoms with van der Waals surface area (Å²) in [6.45, 7) is 0.280. The van der Waals surface area contributed by atoms with E-state index in [1.54, 1.807) is 24.1 Å². The van der Waals surface area contributed by atoms with E-state index in [2.05, 4.69) is 0 Å². The second-order valence-electron chi connectivity index (χ2n) is 6.58. The van der Waals surface area contributed by atoms with Crippen molar-refractivity contribution in [1.29, 1.82) is 0 Å². The van der Waals surface area contributed by atoms with Gasteiger partial charge in [-0.3, -0.25) is 9.59 Å². The number of hydrogen-bond acceptors (Lipinski definition) is 5.